The molecule has 3 saturated heterocycles. The summed E-state index contributed by atoms with van der Waals surface area (Å²) in [6.07, 6.45) is -6.19. The van der Waals surface area contributed by atoms with Gasteiger partial charge in [0, 0.05) is 5.92 Å². The summed E-state index contributed by atoms with van der Waals surface area (Å²) in [5.74, 6) is -4.06. The van der Waals surface area contributed by atoms with Gasteiger partial charge in [-0.2, -0.15) is 0 Å². The van der Waals surface area contributed by atoms with E-state index in [-0.39, 0.29) is 12.6 Å². The van der Waals surface area contributed by atoms with Gasteiger partial charge in [-0.05, 0) is 0 Å². The molecule has 5 rings (SSSR count). The van der Waals surface area contributed by atoms with Crippen LogP contribution in [0.5, 0.6) is 0 Å². The highest BCUT2D eigenvalue weighted by Crippen LogP contribution is 2.57. The molecule has 1 saturated carbocycles. The fraction of sp³-hybridized carbons (Fsp3) is 0.909. The molecule has 5 aliphatic rings. The highest BCUT2D eigenvalue weighted by Gasteiger charge is 2.79. The number of guanidine groups is 1. The predicted octanol–water partition coefficient (Wildman–Crippen LogP) is -4.63. The molecule has 8 N–H and O–H groups in total. The molecule has 118 valence electrons. The van der Waals surface area contributed by atoms with Crippen LogP contribution in [0.25, 0.3) is 0 Å². The molecule has 0 aromatic carbocycles. The Hall–Kier alpha value is -1.01. The first-order valence-corrected chi connectivity index (χ1v) is 6.69. The van der Waals surface area contributed by atoms with Crippen LogP contribution < -0.4 is 11.1 Å². The van der Waals surface area contributed by atoms with E-state index in [9.17, 15) is 25.5 Å². The molecule has 9 atom stereocenters. The third kappa shape index (κ3) is 1.34. The zero-order valence-electron chi connectivity index (χ0n) is 10.8. The van der Waals surface area contributed by atoms with Crippen molar-refractivity contribution in [3.05, 3.63) is 0 Å². The summed E-state index contributed by atoms with van der Waals surface area (Å²) >= 11 is 0. The number of hydrogen-bond acceptors (Lipinski definition) is 10. The molecule has 10 nitrogen and oxygen atoms in total. The molecular formula is C11H17N3O7. The van der Waals surface area contributed by atoms with Crippen LogP contribution in [-0.4, -0.2) is 80.3 Å². The molecule has 10 heteroatoms. The fourth-order valence-electron chi connectivity index (χ4n) is 4.26. The number of aliphatic imine (C=N–C) groups is 1. The van der Waals surface area contributed by atoms with Crippen molar-refractivity contribution in [1.82, 2.24) is 5.32 Å². The summed E-state index contributed by atoms with van der Waals surface area (Å²) in [4.78, 5) is 3.78. The monoisotopic (exact) mass is 303 g/mol. The Morgan fingerprint density at radius 1 is 1.24 bits per heavy atom. The third-order valence-corrected chi connectivity index (χ3v) is 5.11. The lowest BCUT2D eigenvalue weighted by atomic mass is 9.56. The lowest BCUT2D eigenvalue weighted by Gasteiger charge is -2.69. The second-order valence-corrected chi connectivity index (χ2v) is 6.00. The first-order chi connectivity index (χ1) is 9.85. The average Bonchev–Trinajstić information content (AvgIpc) is 2.41. The van der Waals surface area contributed by atoms with Crippen molar-refractivity contribution >= 4 is 5.96 Å². The standard InChI is InChI=1S/C11H17N3O7/c12-9-13-7(17)3-4-2(1-15)5-6(16)10(3,14-9)8(18)11(19,20-4)21-5/h2-8,15-19H,1H2,(H3,12,13,14)/t2-,3?,4+,5+,6-,7-,8+,10-,11?/m1/s1. The van der Waals surface area contributed by atoms with Crippen LogP contribution in [0.15, 0.2) is 4.99 Å². The Bertz CT molecular complexity index is 518. The van der Waals surface area contributed by atoms with E-state index in [0.29, 0.717) is 0 Å². The van der Waals surface area contributed by atoms with Gasteiger partial charge in [-0.25, -0.2) is 4.99 Å². The molecule has 1 aliphatic carbocycles. The molecular weight excluding hydrogens is 286 g/mol. The van der Waals surface area contributed by atoms with E-state index in [1.54, 1.807) is 0 Å². The van der Waals surface area contributed by atoms with Crippen molar-refractivity contribution in [2.45, 2.75) is 42.2 Å². The van der Waals surface area contributed by atoms with Gasteiger partial charge in [0.1, 0.15) is 11.6 Å². The Kier molecular flexibility index (Phi) is 2.50. The first kappa shape index (κ1) is 13.6. The largest absolute Gasteiger partial charge is 0.396 e. The number of rotatable bonds is 1. The second kappa shape index (κ2) is 3.84. The smallest absolute Gasteiger partial charge is 0.311 e. The van der Waals surface area contributed by atoms with Crippen LogP contribution in [0.4, 0.5) is 0 Å². The molecule has 1 spiro atoms. The summed E-state index contributed by atoms with van der Waals surface area (Å²) < 4.78 is 10.6. The predicted molar refractivity (Wildman–Crippen MR) is 64.3 cm³/mol. The highest BCUT2D eigenvalue weighted by atomic mass is 16.8. The van der Waals surface area contributed by atoms with Crippen LogP contribution in [0.2, 0.25) is 0 Å². The summed E-state index contributed by atoms with van der Waals surface area (Å²) in [6.45, 7) is -0.378. The van der Waals surface area contributed by atoms with Gasteiger partial charge in [0.25, 0.3) is 0 Å². The maximum Gasteiger partial charge on any atom is 0.311 e. The molecule has 4 aliphatic heterocycles. The number of aliphatic hydroxyl groups excluding tert-OH is 4. The van der Waals surface area contributed by atoms with Crippen LogP contribution in [-0.2, 0) is 9.47 Å². The van der Waals surface area contributed by atoms with Gasteiger partial charge in [0.15, 0.2) is 18.3 Å². The van der Waals surface area contributed by atoms with Crippen molar-refractivity contribution in [2.24, 2.45) is 22.6 Å². The van der Waals surface area contributed by atoms with Crippen molar-refractivity contribution in [2.75, 3.05) is 6.61 Å². The van der Waals surface area contributed by atoms with Gasteiger partial charge in [-0.1, -0.05) is 0 Å². The van der Waals surface area contributed by atoms with Gasteiger partial charge in [0.05, 0.1) is 24.7 Å². The van der Waals surface area contributed by atoms with Crippen LogP contribution >= 0.6 is 0 Å². The van der Waals surface area contributed by atoms with Crippen molar-refractivity contribution < 1.29 is 35.0 Å². The molecule has 0 radical (unpaired) electrons. The van der Waals surface area contributed by atoms with Crippen LogP contribution in [0, 0.1) is 11.8 Å². The van der Waals surface area contributed by atoms with E-state index < -0.39 is 54.0 Å². The van der Waals surface area contributed by atoms with E-state index in [1.165, 1.54) is 0 Å². The lowest BCUT2D eigenvalue weighted by Crippen LogP contribution is -2.91. The molecule has 0 aromatic rings. The van der Waals surface area contributed by atoms with Gasteiger partial charge in [-0.15, -0.1) is 0 Å². The van der Waals surface area contributed by atoms with Crippen molar-refractivity contribution in [3.8, 4) is 0 Å². The van der Waals surface area contributed by atoms with Crippen LogP contribution in [0.3, 0.4) is 0 Å². The molecule has 21 heavy (non-hydrogen) atoms. The molecule has 0 aromatic heterocycles. The molecule has 2 unspecified atom stereocenters. The summed E-state index contributed by atoms with van der Waals surface area (Å²) in [7, 11) is 0. The van der Waals surface area contributed by atoms with E-state index in [0.717, 1.165) is 0 Å². The Balaban J connectivity index is 1.91. The number of hydrogen-bond donors (Lipinski definition) is 7. The van der Waals surface area contributed by atoms with E-state index >= 15 is 0 Å². The van der Waals surface area contributed by atoms with Gasteiger partial charge in [0.2, 0.25) is 0 Å². The minimum atomic E-state index is -2.33. The third-order valence-electron chi connectivity index (χ3n) is 5.11. The van der Waals surface area contributed by atoms with Gasteiger partial charge < -0.3 is 46.1 Å². The van der Waals surface area contributed by atoms with E-state index in [1.807, 2.05) is 0 Å². The Morgan fingerprint density at radius 2 is 1.90 bits per heavy atom. The molecule has 4 fully saturated rings. The second-order valence-electron chi connectivity index (χ2n) is 6.00. The zero-order valence-corrected chi connectivity index (χ0v) is 10.8. The SMILES string of the molecule is NC1=N[C@H](O)C2[C@H]3OC4(O)O[C@@H]([C@@H]3CO)[C@@H](O)[C@@]2(N1)[C@@H]4O. The summed E-state index contributed by atoms with van der Waals surface area (Å²) in [6, 6.07) is 0. The minimum Gasteiger partial charge on any atom is -0.396 e. The average molecular weight is 303 g/mol. The maximum atomic E-state index is 10.6. The zero-order chi connectivity index (χ0) is 15.2. The number of nitrogens with zero attached hydrogens (tertiary/aromatic N) is 1. The van der Waals surface area contributed by atoms with Crippen LogP contribution in [0.1, 0.15) is 0 Å². The first-order valence-electron chi connectivity index (χ1n) is 6.69. The number of nitrogens with two attached hydrogens (primary N) is 1. The lowest BCUT2D eigenvalue weighted by molar-refractivity contribution is -0.530. The highest BCUT2D eigenvalue weighted by molar-refractivity contribution is 5.80. The van der Waals surface area contributed by atoms with Gasteiger partial charge in [-0.3, -0.25) is 0 Å². The van der Waals surface area contributed by atoms with E-state index in [4.69, 9.17) is 15.2 Å². The van der Waals surface area contributed by atoms with Gasteiger partial charge >= 0.3 is 5.97 Å². The number of aliphatic hydroxyl groups is 5. The van der Waals surface area contributed by atoms with E-state index in [2.05, 4.69) is 10.3 Å². The van der Waals surface area contributed by atoms with Crippen molar-refractivity contribution in [1.29, 1.82) is 0 Å². The minimum absolute atomic E-state index is 0.164. The summed E-state index contributed by atoms with van der Waals surface area (Å²) in [5, 5.41) is 53.7. The number of nitrogens with one attached hydrogen (secondary N) is 1. The van der Waals surface area contributed by atoms with Crippen molar-refractivity contribution in [3.63, 3.8) is 0 Å². The maximum absolute atomic E-state index is 10.6. The Morgan fingerprint density at radius 3 is 2.57 bits per heavy atom. The molecule has 0 amide bonds. The molecule has 4 bridgehead atoms. The Labute approximate surface area is 118 Å². The number of ether oxygens (including phenoxy) is 2. The summed E-state index contributed by atoms with van der Waals surface area (Å²) in [5.41, 5.74) is 4.04. The normalized spacial score (nSPS) is 61.2. The quantitative estimate of drug-likeness (QED) is 0.252. The topological polar surface area (TPSA) is 170 Å². The fourth-order valence-corrected chi connectivity index (χ4v) is 4.26. The molecule has 4 heterocycles.